The van der Waals surface area contributed by atoms with Crippen molar-refractivity contribution in [1.29, 1.82) is 0 Å². The van der Waals surface area contributed by atoms with Gasteiger partial charge in [0.25, 0.3) is 0 Å². The lowest BCUT2D eigenvalue weighted by atomic mass is 9.86. The largest absolute Gasteiger partial charge is 0.511 e. The number of aryl methyl sites for hydroxylation is 2. The summed E-state index contributed by atoms with van der Waals surface area (Å²) in [4.78, 5) is 16.3. The van der Waals surface area contributed by atoms with Gasteiger partial charge >= 0.3 is 6.16 Å². The zero-order valence-corrected chi connectivity index (χ0v) is 22.1. The number of aromatic nitrogens is 2. The Balaban J connectivity index is 2.44. The molecule has 1 aromatic carbocycles. The summed E-state index contributed by atoms with van der Waals surface area (Å²) >= 11 is 0. The van der Waals surface area contributed by atoms with Crippen LogP contribution in [0.5, 0.6) is 0 Å². The fourth-order valence-corrected chi connectivity index (χ4v) is 3.40. The van der Waals surface area contributed by atoms with Gasteiger partial charge < -0.3 is 14.2 Å². The minimum atomic E-state index is -0.752. The van der Waals surface area contributed by atoms with E-state index in [4.69, 9.17) is 14.2 Å². The Morgan fingerprint density at radius 1 is 1.15 bits per heavy atom. The van der Waals surface area contributed by atoms with E-state index in [9.17, 15) is 4.79 Å². The molecule has 2 rings (SSSR count). The van der Waals surface area contributed by atoms with Gasteiger partial charge in [-0.2, -0.15) is 5.10 Å². The summed E-state index contributed by atoms with van der Waals surface area (Å²) in [6.07, 6.45) is 1.92. The fourth-order valence-electron chi connectivity index (χ4n) is 3.40. The van der Waals surface area contributed by atoms with Crippen LogP contribution < -0.4 is 0 Å². The highest BCUT2D eigenvalue weighted by Gasteiger charge is 2.22. The molecule has 1 unspecified atom stereocenters. The smallest absolute Gasteiger partial charge is 0.454 e. The van der Waals surface area contributed by atoms with Gasteiger partial charge in [-0.15, -0.1) is 0 Å². The molecular formula is C27H39N3O4. The van der Waals surface area contributed by atoms with Gasteiger partial charge in [0.1, 0.15) is 5.69 Å². The molecule has 0 spiro atoms. The summed E-state index contributed by atoms with van der Waals surface area (Å²) in [5, 5.41) is 4.54. The second-order valence-electron chi connectivity index (χ2n) is 9.62. The van der Waals surface area contributed by atoms with Crippen LogP contribution in [0.2, 0.25) is 0 Å². The third-order valence-electron chi connectivity index (χ3n) is 5.86. The molecule has 0 N–H and O–H groups in total. The quantitative estimate of drug-likeness (QED) is 0.193. The van der Waals surface area contributed by atoms with Crippen LogP contribution in [0.3, 0.4) is 0 Å². The average Bonchev–Trinajstić information content (AvgIpc) is 3.04. The normalized spacial score (nSPS) is 13.6. The highest BCUT2D eigenvalue weighted by atomic mass is 16.8. The first kappa shape index (κ1) is 27.2. The molecule has 0 aliphatic rings. The van der Waals surface area contributed by atoms with E-state index < -0.39 is 6.16 Å². The molecule has 1 atom stereocenters. The lowest BCUT2D eigenvalue weighted by molar-refractivity contribution is -0.0103. The Bertz CT molecular complexity index is 1030. The topological polar surface area (TPSA) is 74.9 Å². The van der Waals surface area contributed by atoms with Crippen molar-refractivity contribution in [3.05, 3.63) is 52.3 Å². The van der Waals surface area contributed by atoms with Crippen LogP contribution in [0.15, 0.2) is 29.3 Å². The van der Waals surface area contributed by atoms with Crippen LogP contribution in [-0.2, 0) is 26.7 Å². The van der Waals surface area contributed by atoms with Crippen molar-refractivity contribution in [3.8, 4) is 0 Å². The van der Waals surface area contributed by atoms with Gasteiger partial charge in [-0.1, -0.05) is 65.3 Å². The van der Waals surface area contributed by atoms with Crippen LogP contribution in [0.25, 0.3) is 11.3 Å². The van der Waals surface area contributed by atoms with E-state index in [2.05, 4.69) is 55.1 Å². The first-order valence-corrected chi connectivity index (χ1v) is 11.7. The number of benzene rings is 1. The Hall–Kier alpha value is -3.09. The van der Waals surface area contributed by atoms with Crippen molar-refractivity contribution in [3.63, 3.8) is 0 Å². The van der Waals surface area contributed by atoms with Crippen molar-refractivity contribution >= 4 is 23.7 Å². The van der Waals surface area contributed by atoms with Gasteiger partial charge in [0.2, 0.25) is 6.79 Å². The Kier molecular flexibility index (Phi) is 9.47. The summed E-state index contributed by atoms with van der Waals surface area (Å²) in [7, 11) is 3.58. The zero-order valence-electron chi connectivity index (χ0n) is 22.1. The second-order valence-corrected chi connectivity index (χ2v) is 9.62. The van der Waals surface area contributed by atoms with E-state index in [-0.39, 0.29) is 18.1 Å². The molecule has 0 aliphatic carbocycles. The van der Waals surface area contributed by atoms with Crippen LogP contribution >= 0.6 is 0 Å². The SMILES string of the molecule is CCC(C)COC(=O)OCO/C(=C(/C=NC)c1ccc(C(C)(C)C)cc1)c1c(C)c(C)nn1C. The molecule has 0 radical (unpaired) electrons. The third-order valence-corrected chi connectivity index (χ3v) is 5.86. The number of carbonyl (C=O) groups is 1. The fraction of sp³-hybridized carbons (Fsp3) is 0.519. The van der Waals surface area contributed by atoms with Gasteiger partial charge in [0, 0.05) is 31.4 Å². The molecule has 7 nitrogen and oxygen atoms in total. The summed E-state index contributed by atoms with van der Waals surface area (Å²) < 4.78 is 18.2. The van der Waals surface area contributed by atoms with E-state index in [1.54, 1.807) is 17.9 Å². The van der Waals surface area contributed by atoms with Gasteiger partial charge in [0.05, 0.1) is 12.3 Å². The van der Waals surface area contributed by atoms with Crippen LogP contribution in [-0.4, -0.2) is 42.6 Å². The maximum atomic E-state index is 12.0. The first-order valence-electron chi connectivity index (χ1n) is 11.7. The summed E-state index contributed by atoms with van der Waals surface area (Å²) in [6, 6.07) is 8.34. The number of carbonyl (C=O) groups excluding carboxylic acids is 1. The standard InChI is InChI=1S/C27H39N3O4/c1-10-18(2)16-32-26(31)34-17-33-25(24-19(3)20(4)29-30(24)9)23(15-28-8)21-11-13-22(14-12-21)27(5,6)7/h11-15,18H,10,16-17H2,1-9H3/b25-23-,28-15?. The van der Waals surface area contributed by atoms with Gasteiger partial charge in [-0.25, -0.2) is 4.79 Å². The molecule has 0 fully saturated rings. The predicted molar refractivity (Wildman–Crippen MR) is 137 cm³/mol. The molecule has 1 heterocycles. The number of ether oxygens (including phenoxy) is 3. The molecule has 34 heavy (non-hydrogen) atoms. The third kappa shape index (κ3) is 6.95. The molecule has 0 saturated carbocycles. The van der Waals surface area contributed by atoms with Gasteiger partial charge in [-0.3, -0.25) is 9.67 Å². The molecule has 2 aromatic rings. The number of rotatable bonds is 9. The average molecular weight is 470 g/mol. The number of nitrogens with zero attached hydrogens (tertiary/aromatic N) is 3. The number of allylic oxidation sites excluding steroid dienone is 1. The minimum Gasteiger partial charge on any atom is -0.454 e. The van der Waals surface area contributed by atoms with Gasteiger partial charge in [0.15, 0.2) is 5.76 Å². The number of aliphatic imine (C=N–C) groups is 1. The van der Waals surface area contributed by atoms with E-state index in [1.165, 1.54) is 5.56 Å². The Morgan fingerprint density at radius 2 is 1.79 bits per heavy atom. The van der Waals surface area contributed by atoms with Crippen molar-refractivity contribution in [2.75, 3.05) is 20.4 Å². The molecular weight excluding hydrogens is 430 g/mol. The van der Waals surface area contributed by atoms with Crippen molar-refractivity contribution in [1.82, 2.24) is 9.78 Å². The second kappa shape index (κ2) is 11.9. The highest BCUT2D eigenvalue weighted by molar-refractivity contribution is 6.18. The monoisotopic (exact) mass is 469 g/mol. The maximum Gasteiger partial charge on any atom is 0.511 e. The minimum absolute atomic E-state index is 0.0415. The van der Waals surface area contributed by atoms with Crippen LogP contribution in [0.1, 0.15) is 69.1 Å². The lowest BCUT2D eigenvalue weighted by Gasteiger charge is -2.20. The van der Waals surface area contributed by atoms with E-state index >= 15 is 0 Å². The highest BCUT2D eigenvalue weighted by Crippen LogP contribution is 2.31. The van der Waals surface area contributed by atoms with E-state index in [0.717, 1.165) is 34.5 Å². The zero-order chi connectivity index (χ0) is 25.5. The summed E-state index contributed by atoms with van der Waals surface area (Å²) in [5.41, 5.74) is 5.64. The molecule has 0 amide bonds. The molecule has 0 bridgehead atoms. The van der Waals surface area contributed by atoms with Crippen molar-refractivity contribution in [2.24, 2.45) is 18.0 Å². The summed E-state index contributed by atoms with van der Waals surface area (Å²) in [5.74, 6) is 0.803. The lowest BCUT2D eigenvalue weighted by Crippen LogP contribution is -2.15. The first-order chi connectivity index (χ1) is 16.0. The molecule has 186 valence electrons. The summed E-state index contributed by atoms with van der Waals surface area (Å²) in [6.45, 7) is 14.6. The molecule has 0 saturated heterocycles. The Labute approximate surface area is 203 Å². The van der Waals surface area contributed by atoms with E-state index in [0.29, 0.717) is 12.4 Å². The molecule has 1 aromatic heterocycles. The number of hydrogen-bond donors (Lipinski definition) is 0. The van der Waals surface area contributed by atoms with Crippen LogP contribution in [0, 0.1) is 19.8 Å². The van der Waals surface area contributed by atoms with Crippen molar-refractivity contribution in [2.45, 2.75) is 60.3 Å². The molecule has 7 heteroatoms. The number of hydrogen-bond acceptors (Lipinski definition) is 6. The van der Waals surface area contributed by atoms with Gasteiger partial charge in [-0.05, 0) is 36.3 Å². The maximum absolute atomic E-state index is 12.0. The van der Waals surface area contributed by atoms with E-state index in [1.807, 2.05) is 34.7 Å². The Morgan fingerprint density at radius 3 is 2.29 bits per heavy atom. The van der Waals surface area contributed by atoms with Crippen LogP contribution in [0.4, 0.5) is 4.79 Å². The predicted octanol–water partition coefficient (Wildman–Crippen LogP) is 6.08. The molecule has 0 aliphatic heterocycles. The van der Waals surface area contributed by atoms with Crippen molar-refractivity contribution < 1.29 is 19.0 Å².